The third kappa shape index (κ3) is 2.04. The van der Waals surface area contributed by atoms with Crippen molar-refractivity contribution in [1.82, 2.24) is 10.2 Å². The molecular formula is C14H22N2O3. The summed E-state index contributed by atoms with van der Waals surface area (Å²) in [5.74, 6) is 0.497. The van der Waals surface area contributed by atoms with Crippen molar-refractivity contribution >= 4 is 11.9 Å². The van der Waals surface area contributed by atoms with Crippen LogP contribution in [0.1, 0.15) is 51.9 Å². The van der Waals surface area contributed by atoms with Crippen LogP contribution in [-0.4, -0.2) is 39.6 Å². The predicted molar refractivity (Wildman–Crippen MR) is 69.4 cm³/mol. The second kappa shape index (κ2) is 4.20. The van der Waals surface area contributed by atoms with Crippen LogP contribution in [0, 0.1) is 5.92 Å². The predicted octanol–water partition coefficient (Wildman–Crippen LogP) is 1.40. The molecule has 2 N–H and O–H groups in total. The number of rotatable bonds is 2. The van der Waals surface area contributed by atoms with E-state index in [0.29, 0.717) is 18.8 Å². The van der Waals surface area contributed by atoms with Gasteiger partial charge in [-0.15, -0.1) is 0 Å². The number of β-amino-alcohol motifs (C(OH)–C–C–N with tert-alkyl or cyclic N) is 1. The Labute approximate surface area is 113 Å². The Balaban J connectivity index is 1.69. The van der Waals surface area contributed by atoms with Gasteiger partial charge in [-0.1, -0.05) is 6.92 Å². The average Bonchev–Trinajstić information content (AvgIpc) is 2.58. The molecule has 0 atom stereocenters. The molecule has 0 radical (unpaired) electrons. The van der Waals surface area contributed by atoms with E-state index in [0.717, 1.165) is 32.1 Å². The summed E-state index contributed by atoms with van der Waals surface area (Å²) >= 11 is 0. The first-order valence-corrected chi connectivity index (χ1v) is 7.31. The molecule has 106 valence electrons. The molecule has 1 spiro atoms. The maximum absolute atomic E-state index is 12.3. The van der Waals surface area contributed by atoms with Crippen molar-refractivity contribution in [2.45, 2.75) is 63.0 Å². The van der Waals surface area contributed by atoms with E-state index < -0.39 is 11.1 Å². The molecule has 0 aromatic heterocycles. The largest absolute Gasteiger partial charge is 0.388 e. The number of urea groups is 1. The molecule has 3 aliphatic rings. The van der Waals surface area contributed by atoms with Gasteiger partial charge in [0.25, 0.3) is 5.91 Å². The molecule has 2 aliphatic carbocycles. The van der Waals surface area contributed by atoms with Crippen LogP contribution in [0.25, 0.3) is 0 Å². The molecule has 3 fully saturated rings. The maximum Gasteiger partial charge on any atom is 0.325 e. The molecule has 1 aliphatic heterocycles. The lowest BCUT2D eigenvalue weighted by Crippen LogP contribution is -2.53. The Hall–Kier alpha value is -1.10. The standard InChI is InChI=1S/C14H22N2O3/c1-10-3-7-13(19,8-4-10)9-16-11(17)14(5-2-6-14)15-12(16)18/h10,19H,2-9H2,1H3,(H,15,18). The fraction of sp³-hybridized carbons (Fsp3) is 0.857. The first-order valence-electron chi connectivity index (χ1n) is 7.31. The number of carbonyl (C=O) groups excluding carboxylic acids is 2. The highest BCUT2D eigenvalue weighted by Crippen LogP contribution is 2.39. The summed E-state index contributed by atoms with van der Waals surface area (Å²) in [7, 11) is 0. The van der Waals surface area contributed by atoms with Crippen molar-refractivity contribution in [3.63, 3.8) is 0 Å². The molecule has 5 heteroatoms. The zero-order valence-corrected chi connectivity index (χ0v) is 11.4. The Morgan fingerprint density at radius 3 is 2.37 bits per heavy atom. The summed E-state index contributed by atoms with van der Waals surface area (Å²) in [6.07, 6.45) is 5.75. The van der Waals surface area contributed by atoms with Gasteiger partial charge in [0.2, 0.25) is 0 Å². The van der Waals surface area contributed by atoms with E-state index in [9.17, 15) is 14.7 Å². The van der Waals surface area contributed by atoms with Gasteiger partial charge in [0, 0.05) is 0 Å². The molecule has 19 heavy (non-hydrogen) atoms. The van der Waals surface area contributed by atoms with Gasteiger partial charge in [-0.05, 0) is 50.9 Å². The van der Waals surface area contributed by atoms with Gasteiger partial charge in [0.05, 0.1) is 12.1 Å². The number of aliphatic hydroxyl groups is 1. The van der Waals surface area contributed by atoms with Crippen molar-refractivity contribution in [1.29, 1.82) is 0 Å². The van der Waals surface area contributed by atoms with Crippen LogP contribution in [0.2, 0.25) is 0 Å². The van der Waals surface area contributed by atoms with E-state index in [1.54, 1.807) is 0 Å². The molecule has 5 nitrogen and oxygen atoms in total. The smallest absolute Gasteiger partial charge is 0.325 e. The maximum atomic E-state index is 12.3. The van der Waals surface area contributed by atoms with Gasteiger partial charge in [-0.3, -0.25) is 9.69 Å². The number of nitrogens with one attached hydrogen (secondary N) is 1. The molecule has 3 rings (SSSR count). The summed E-state index contributed by atoms with van der Waals surface area (Å²) in [5.41, 5.74) is -1.51. The number of nitrogens with zero attached hydrogens (tertiary/aromatic N) is 1. The Kier molecular flexibility index (Phi) is 2.85. The Morgan fingerprint density at radius 2 is 1.89 bits per heavy atom. The molecular weight excluding hydrogens is 244 g/mol. The minimum atomic E-state index is -0.880. The summed E-state index contributed by atoms with van der Waals surface area (Å²) < 4.78 is 0. The first-order chi connectivity index (χ1) is 8.94. The number of amides is 3. The van der Waals surface area contributed by atoms with Crippen LogP contribution >= 0.6 is 0 Å². The zero-order valence-electron chi connectivity index (χ0n) is 11.4. The molecule has 0 aromatic rings. The van der Waals surface area contributed by atoms with Crippen LogP contribution in [0.5, 0.6) is 0 Å². The van der Waals surface area contributed by atoms with Crippen molar-refractivity contribution in [3.8, 4) is 0 Å². The van der Waals surface area contributed by atoms with Crippen molar-refractivity contribution < 1.29 is 14.7 Å². The lowest BCUT2D eigenvalue weighted by atomic mass is 9.76. The van der Waals surface area contributed by atoms with Crippen molar-refractivity contribution in [3.05, 3.63) is 0 Å². The highest BCUT2D eigenvalue weighted by Gasteiger charge is 2.55. The third-order valence-electron chi connectivity index (χ3n) is 5.11. The molecule has 0 bridgehead atoms. The van der Waals surface area contributed by atoms with E-state index in [1.165, 1.54) is 4.90 Å². The van der Waals surface area contributed by atoms with E-state index in [4.69, 9.17) is 0 Å². The van der Waals surface area contributed by atoms with E-state index in [1.807, 2.05) is 0 Å². The van der Waals surface area contributed by atoms with Crippen LogP contribution in [-0.2, 0) is 4.79 Å². The van der Waals surface area contributed by atoms with Gasteiger partial charge in [-0.2, -0.15) is 0 Å². The van der Waals surface area contributed by atoms with Gasteiger partial charge < -0.3 is 10.4 Å². The van der Waals surface area contributed by atoms with Crippen LogP contribution in [0.4, 0.5) is 4.79 Å². The lowest BCUT2D eigenvalue weighted by Gasteiger charge is -2.38. The van der Waals surface area contributed by atoms with Crippen LogP contribution in [0.15, 0.2) is 0 Å². The first kappa shape index (κ1) is 12.9. The number of carbonyl (C=O) groups is 2. The highest BCUT2D eigenvalue weighted by atomic mass is 16.3. The lowest BCUT2D eigenvalue weighted by molar-refractivity contribution is -0.137. The van der Waals surface area contributed by atoms with Gasteiger partial charge in [0.15, 0.2) is 0 Å². The summed E-state index contributed by atoms with van der Waals surface area (Å²) in [5, 5.41) is 13.4. The van der Waals surface area contributed by atoms with E-state index >= 15 is 0 Å². The fourth-order valence-corrected chi connectivity index (χ4v) is 3.44. The zero-order chi connectivity index (χ0) is 13.7. The molecule has 1 saturated heterocycles. The molecule has 0 aromatic carbocycles. The highest BCUT2D eigenvalue weighted by molar-refractivity contribution is 6.07. The summed E-state index contributed by atoms with van der Waals surface area (Å²) in [6, 6.07) is -0.322. The minimum absolute atomic E-state index is 0.129. The van der Waals surface area contributed by atoms with E-state index in [2.05, 4.69) is 12.2 Å². The fourth-order valence-electron chi connectivity index (χ4n) is 3.44. The normalized spacial score (nSPS) is 37.4. The summed E-state index contributed by atoms with van der Waals surface area (Å²) in [6.45, 7) is 2.34. The van der Waals surface area contributed by atoms with Crippen LogP contribution < -0.4 is 5.32 Å². The topological polar surface area (TPSA) is 69.6 Å². The molecule has 0 unspecified atom stereocenters. The number of hydrogen-bond donors (Lipinski definition) is 2. The second-order valence-electron chi connectivity index (χ2n) is 6.66. The van der Waals surface area contributed by atoms with Crippen LogP contribution in [0.3, 0.4) is 0 Å². The van der Waals surface area contributed by atoms with Gasteiger partial charge >= 0.3 is 6.03 Å². The van der Waals surface area contributed by atoms with Crippen molar-refractivity contribution in [2.75, 3.05) is 6.54 Å². The number of imide groups is 1. The SMILES string of the molecule is CC1CCC(O)(CN2C(=O)NC3(CCC3)C2=O)CC1. The molecule has 2 saturated carbocycles. The van der Waals surface area contributed by atoms with E-state index in [-0.39, 0.29) is 18.5 Å². The Bertz CT molecular complexity index is 409. The summed E-state index contributed by atoms with van der Waals surface area (Å²) in [4.78, 5) is 25.5. The third-order valence-corrected chi connectivity index (χ3v) is 5.11. The minimum Gasteiger partial charge on any atom is -0.388 e. The average molecular weight is 266 g/mol. The monoisotopic (exact) mass is 266 g/mol. The van der Waals surface area contributed by atoms with Gasteiger partial charge in [0.1, 0.15) is 5.54 Å². The molecule has 3 amide bonds. The number of hydrogen-bond acceptors (Lipinski definition) is 3. The Morgan fingerprint density at radius 1 is 1.26 bits per heavy atom. The van der Waals surface area contributed by atoms with Crippen molar-refractivity contribution in [2.24, 2.45) is 5.92 Å². The van der Waals surface area contributed by atoms with Gasteiger partial charge in [-0.25, -0.2) is 4.79 Å². The quantitative estimate of drug-likeness (QED) is 0.742. The second-order valence-corrected chi connectivity index (χ2v) is 6.66. The molecule has 1 heterocycles.